The maximum atomic E-state index is 12.6. The number of benzene rings is 1. The third kappa shape index (κ3) is 4.03. The molecule has 0 saturated carbocycles. The third-order valence-electron chi connectivity index (χ3n) is 4.39. The van der Waals surface area contributed by atoms with Crippen molar-refractivity contribution in [2.24, 2.45) is 0 Å². The Hall–Kier alpha value is -3.49. The Morgan fingerprint density at radius 2 is 1.79 bits per heavy atom. The molecule has 3 heterocycles. The van der Waals surface area contributed by atoms with Crippen LogP contribution in [0.1, 0.15) is 22.5 Å². The molecule has 3 aromatic heterocycles. The van der Waals surface area contributed by atoms with Crippen molar-refractivity contribution in [2.45, 2.75) is 26.6 Å². The quantitative estimate of drug-likeness (QED) is 0.498. The van der Waals surface area contributed by atoms with Gasteiger partial charge in [-0.3, -0.25) is 9.67 Å². The molecular weight excluding hydrogens is 383 g/mol. The van der Waals surface area contributed by atoms with E-state index >= 15 is 0 Å². The number of aromatic nitrogens is 5. The lowest BCUT2D eigenvalue weighted by atomic mass is 10.1. The number of hydrogen-bond acceptors (Lipinski definition) is 5. The highest BCUT2D eigenvalue weighted by atomic mass is 19.4. The van der Waals surface area contributed by atoms with E-state index in [2.05, 4.69) is 20.2 Å². The summed E-state index contributed by atoms with van der Waals surface area (Å²) in [5.41, 5.74) is 3.04. The number of hydrogen-bond donors (Lipinski definition) is 0. The lowest BCUT2D eigenvalue weighted by molar-refractivity contribution is -0.141. The molecule has 9 heteroatoms. The Morgan fingerprint density at radius 3 is 2.45 bits per heavy atom. The maximum Gasteiger partial charge on any atom is 0.433 e. The van der Waals surface area contributed by atoms with Gasteiger partial charge in [0.2, 0.25) is 5.82 Å². The van der Waals surface area contributed by atoms with Crippen molar-refractivity contribution >= 4 is 0 Å². The molecule has 1 aromatic carbocycles. The van der Waals surface area contributed by atoms with Crippen LogP contribution in [-0.2, 0) is 12.7 Å². The first-order chi connectivity index (χ1) is 13.8. The second-order valence-electron chi connectivity index (χ2n) is 6.67. The summed E-state index contributed by atoms with van der Waals surface area (Å²) in [6, 6.07) is 12.1. The van der Waals surface area contributed by atoms with Gasteiger partial charge >= 0.3 is 6.18 Å². The normalized spacial score (nSPS) is 11.8. The second kappa shape index (κ2) is 7.16. The van der Waals surface area contributed by atoms with Crippen LogP contribution < -0.4 is 0 Å². The molecule has 0 spiro atoms. The summed E-state index contributed by atoms with van der Waals surface area (Å²) in [5, 5.41) is 8.34. The summed E-state index contributed by atoms with van der Waals surface area (Å²) in [5.74, 6) is 0.331. The van der Waals surface area contributed by atoms with Crippen molar-refractivity contribution in [2.75, 3.05) is 0 Å². The molecule has 6 nitrogen and oxygen atoms in total. The van der Waals surface area contributed by atoms with Crippen molar-refractivity contribution in [1.82, 2.24) is 24.9 Å². The fourth-order valence-electron chi connectivity index (χ4n) is 2.78. The molecule has 4 aromatic rings. The van der Waals surface area contributed by atoms with Gasteiger partial charge in [0.1, 0.15) is 5.69 Å². The van der Waals surface area contributed by atoms with Gasteiger partial charge in [-0.05, 0) is 37.6 Å². The van der Waals surface area contributed by atoms with E-state index in [0.29, 0.717) is 17.8 Å². The molecule has 148 valence electrons. The van der Waals surface area contributed by atoms with E-state index in [1.165, 1.54) is 11.6 Å². The van der Waals surface area contributed by atoms with Gasteiger partial charge in [0.05, 0.1) is 6.54 Å². The molecular formula is C20H16F3N5O. The topological polar surface area (TPSA) is 69.6 Å². The third-order valence-corrected chi connectivity index (χ3v) is 4.39. The van der Waals surface area contributed by atoms with Crippen LogP contribution in [0.2, 0.25) is 0 Å². The van der Waals surface area contributed by atoms with Gasteiger partial charge < -0.3 is 4.52 Å². The zero-order valence-corrected chi connectivity index (χ0v) is 15.6. The van der Waals surface area contributed by atoms with E-state index in [4.69, 9.17) is 4.52 Å². The molecule has 0 amide bonds. The number of nitrogens with zero attached hydrogens (tertiary/aromatic N) is 5. The Morgan fingerprint density at radius 1 is 1.03 bits per heavy atom. The van der Waals surface area contributed by atoms with E-state index < -0.39 is 11.9 Å². The average molecular weight is 399 g/mol. The highest BCUT2D eigenvalue weighted by Crippen LogP contribution is 2.29. The minimum atomic E-state index is -4.50. The van der Waals surface area contributed by atoms with Crippen LogP contribution >= 0.6 is 0 Å². The first kappa shape index (κ1) is 18.9. The van der Waals surface area contributed by atoms with Crippen LogP contribution in [0.5, 0.6) is 0 Å². The van der Waals surface area contributed by atoms with Crippen molar-refractivity contribution < 1.29 is 17.7 Å². The summed E-state index contributed by atoms with van der Waals surface area (Å²) in [7, 11) is 0. The van der Waals surface area contributed by atoms with Crippen molar-refractivity contribution in [1.29, 1.82) is 0 Å². The predicted molar refractivity (Wildman–Crippen MR) is 98.8 cm³/mol. The van der Waals surface area contributed by atoms with Crippen LogP contribution in [0.3, 0.4) is 0 Å². The standard InChI is InChI=1S/C20H16F3N5O/c1-12-3-5-14(6-4-12)11-28-13(2)9-16(26-28)19-25-18(27-29-19)15-7-8-17(24-10-15)20(21,22)23/h3-10H,11H2,1-2H3. The number of halogens is 3. The molecule has 0 atom stereocenters. The summed E-state index contributed by atoms with van der Waals surface area (Å²) < 4.78 is 45.0. The summed E-state index contributed by atoms with van der Waals surface area (Å²) in [4.78, 5) is 7.65. The molecule has 0 radical (unpaired) electrons. The first-order valence-corrected chi connectivity index (χ1v) is 8.77. The van der Waals surface area contributed by atoms with Crippen LogP contribution in [0.25, 0.3) is 23.0 Å². The average Bonchev–Trinajstić information content (AvgIpc) is 3.30. The van der Waals surface area contributed by atoms with Gasteiger partial charge in [-0.25, -0.2) is 0 Å². The Labute approximate surface area is 164 Å². The molecule has 0 aliphatic heterocycles. The first-order valence-electron chi connectivity index (χ1n) is 8.77. The molecule has 0 aliphatic rings. The highest BCUT2D eigenvalue weighted by molar-refractivity contribution is 5.57. The molecule has 4 rings (SSSR count). The summed E-state index contributed by atoms with van der Waals surface area (Å²) in [6.45, 7) is 4.54. The molecule has 0 saturated heterocycles. The van der Waals surface area contributed by atoms with Gasteiger partial charge in [0.15, 0.2) is 5.69 Å². The van der Waals surface area contributed by atoms with Crippen LogP contribution in [0.15, 0.2) is 53.2 Å². The smallest absolute Gasteiger partial charge is 0.332 e. The van der Waals surface area contributed by atoms with E-state index in [1.54, 1.807) is 0 Å². The minimum Gasteiger partial charge on any atom is -0.332 e. The number of rotatable bonds is 4. The van der Waals surface area contributed by atoms with Gasteiger partial charge in [0.25, 0.3) is 5.89 Å². The van der Waals surface area contributed by atoms with E-state index in [0.717, 1.165) is 23.5 Å². The lowest BCUT2D eigenvalue weighted by Crippen LogP contribution is -2.07. The van der Waals surface area contributed by atoms with Crippen molar-refractivity contribution in [3.63, 3.8) is 0 Å². The molecule has 0 bridgehead atoms. The van der Waals surface area contributed by atoms with Crippen LogP contribution in [-0.4, -0.2) is 24.9 Å². The SMILES string of the molecule is Cc1ccc(Cn2nc(-c3nc(-c4ccc(C(F)(F)F)nc4)no3)cc2C)cc1. The minimum absolute atomic E-state index is 0.145. The fraction of sp³-hybridized carbons (Fsp3) is 0.200. The Balaban J connectivity index is 1.56. The Kier molecular flexibility index (Phi) is 4.65. The summed E-state index contributed by atoms with van der Waals surface area (Å²) in [6.07, 6.45) is -3.43. The predicted octanol–water partition coefficient (Wildman–Crippen LogP) is 4.68. The molecule has 0 unspecified atom stereocenters. The van der Waals surface area contributed by atoms with E-state index in [-0.39, 0.29) is 11.7 Å². The summed E-state index contributed by atoms with van der Waals surface area (Å²) >= 11 is 0. The van der Waals surface area contributed by atoms with Gasteiger partial charge in [-0.2, -0.15) is 23.3 Å². The second-order valence-corrected chi connectivity index (χ2v) is 6.67. The fourth-order valence-corrected chi connectivity index (χ4v) is 2.78. The van der Waals surface area contributed by atoms with E-state index in [1.807, 2.05) is 48.9 Å². The van der Waals surface area contributed by atoms with Gasteiger partial charge in [0, 0.05) is 17.5 Å². The van der Waals surface area contributed by atoms with Crippen molar-refractivity contribution in [3.05, 3.63) is 71.2 Å². The van der Waals surface area contributed by atoms with Crippen molar-refractivity contribution in [3.8, 4) is 23.0 Å². The number of alkyl halides is 3. The zero-order valence-electron chi connectivity index (χ0n) is 15.6. The number of aryl methyl sites for hydroxylation is 2. The molecule has 0 aliphatic carbocycles. The monoisotopic (exact) mass is 399 g/mol. The van der Waals surface area contributed by atoms with Crippen LogP contribution in [0, 0.1) is 13.8 Å². The zero-order chi connectivity index (χ0) is 20.6. The molecule has 29 heavy (non-hydrogen) atoms. The molecule has 0 N–H and O–H groups in total. The Bertz CT molecular complexity index is 1130. The van der Waals surface area contributed by atoms with Crippen LogP contribution in [0.4, 0.5) is 13.2 Å². The van der Waals surface area contributed by atoms with E-state index in [9.17, 15) is 13.2 Å². The van der Waals surface area contributed by atoms with Gasteiger partial charge in [-0.15, -0.1) is 0 Å². The van der Waals surface area contributed by atoms with Gasteiger partial charge in [-0.1, -0.05) is 35.0 Å². The largest absolute Gasteiger partial charge is 0.433 e. The molecule has 0 fully saturated rings. The maximum absolute atomic E-state index is 12.6. The lowest BCUT2D eigenvalue weighted by Gasteiger charge is -2.04. The highest BCUT2D eigenvalue weighted by Gasteiger charge is 2.32. The number of pyridine rings is 1.